The van der Waals surface area contributed by atoms with Crippen LogP contribution in [-0.4, -0.2) is 12.2 Å². The molecule has 1 N–H and O–H groups in total. The van der Waals surface area contributed by atoms with E-state index in [2.05, 4.69) is 6.92 Å². The molecule has 0 aliphatic rings. The zero-order chi connectivity index (χ0) is 14.8. The number of halogens is 1. The number of aliphatic hydroxyl groups is 1. The molecule has 2 aromatic rings. The molecule has 3 heteroatoms. The van der Waals surface area contributed by atoms with Crippen molar-refractivity contribution in [3.05, 3.63) is 65.0 Å². The number of rotatable bonds is 4. The van der Waals surface area contributed by atoms with Crippen molar-refractivity contribution in [3.63, 3.8) is 0 Å². The van der Waals surface area contributed by atoms with Gasteiger partial charge in [0.15, 0.2) is 0 Å². The monoisotopic (exact) mass is 274 g/mol. The van der Waals surface area contributed by atoms with E-state index in [9.17, 15) is 9.50 Å². The van der Waals surface area contributed by atoms with Gasteiger partial charge in [0.1, 0.15) is 17.2 Å². The molecule has 0 radical (unpaired) electrons. The number of hydrogen-bond acceptors (Lipinski definition) is 2. The first-order chi connectivity index (χ1) is 9.48. The van der Waals surface area contributed by atoms with Crippen molar-refractivity contribution in [1.82, 2.24) is 0 Å². The molecule has 0 amide bonds. The van der Waals surface area contributed by atoms with Gasteiger partial charge >= 0.3 is 0 Å². The molecule has 0 fully saturated rings. The fourth-order valence-corrected chi connectivity index (χ4v) is 2.28. The molecule has 0 heterocycles. The second-order valence-electron chi connectivity index (χ2n) is 4.97. The van der Waals surface area contributed by atoms with E-state index in [1.807, 2.05) is 24.3 Å². The Kier molecular flexibility index (Phi) is 4.09. The Hall–Kier alpha value is -1.87. The summed E-state index contributed by atoms with van der Waals surface area (Å²) in [7, 11) is 1.51. The Balaban J connectivity index is 2.50. The van der Waals surface area contributed by atoms with Crippen molar-refractivity contribution in [2.24, 2.45) is 0 Å². The van der Waals surface area contributed by atoms with Crippen molar-refractivity contribution in [2.75, 3.05) is 7.11 Å². The molecule has 0 aliphatic carbocycles. The lowest BCUT2D eigenvalue weighted by Crippen LogP contribution is -2.23. The number of methoxy groups -OCH3 is 1. The van der Waals surface area contributed by atoms with Crippen LogP contribution in [0, 0.1) is 5.82 Å². The summed E-state index contributed by atoms with van der Waals surface area (Å²) >= 11 is 0. The van der Waals surface area contributed by atoms with Gasteiger partial charge in [-0.1, -0.05) is 31.2 Å². The Morgan fingerprint density at radius 3 is 2.35 bits per heavy atom. The molecule has 2 aromatic carbocycles. The maximum Gasteiger partial charge on any atom is 0.125 e. The topological polar surface area (TPSA) is 29.5 Å². The highest BCUT2D eigenvalue weighted by molar-refractivity contribution is 5.44. The van der Waals surface area contributed by atoms with Gasteiger partial charge < -0.3 is 9.84 Å². The standard InChI is InChI=1S/C17H19FO2/c1-4-12-5-7-13(8-6-12)17(2,19)15-11-14(18)9-10-16(15)20-3/h5-11,19H,4H2,1-3H3. The summed E-state index contributed by atoms with van der Waals surface area (Å²) in [4.78, 5) is 0. The molecular formula is C17H19FO2. The zero-order valence-electron chi connectivity index (χ0n) is 12.0. The van der Waals surface area contributed by atoms with Crippen LogP contribution in [0.1, 0.15) is 30.5 Å². The summed E-state index contributed by atoms with van der Waals surface area (Å²) in [6.45, 7) is 3.72. The summed E-state index contributed by atoms with van der Waals surface area (Å²) in [5, 5.41) is 10.8. The van der Waals surface area contributed by atoms with Gasteiger partial charge in [-0.2, -0.15) is 0 Å². The molecule has 0 spiro atoms. The van der Waals surface area contributed by atoms with Gasteiger partial charge in [0.25, 0.3) is 0 Å². The first-order valence-electron chi connectivity index (χ1n) is 6.65. The normalized spacial score (nSPS) is 13.8. The second-order valence-corrected chi connectivity index (χ2v) is 4.97. The first kappa shape index (κ1) is 14.5. The van der Waals surface area contributed by atoms with E-state index in [1.165, 1.54) is 30.9 Å². The highest BCUT2D eigenvalue weighted by atomic mass is 19.1. The Morgan fingerprint density at radius 2 is 1.80 bits per heavy atom. The molecule has 0 aromatic heterocycles. The third kappa shape index (κ3) is 2.68. The number of aryl methyl sites for hydroxylation is 1. The predicted molar refractivity (Wildman–Crippen MR) is 77.4 cm³/mol. The van der Waals surface area contributed by atoms with Crippen LogP contribution in [0.4, 0.5) is 4.39 Å². The smallest absolute Gasteiger partial charge is 0.125 e. The predicted octanol–water partition coefficient (Wildman–Crippen LogP) is 3.65. The molecule has 2 rings (SSSR count). The Labute approximate surface area is 118 Å². The molecule has 1 atom stereocenters. The van der Waals surface area contributed by atoms with Gasteiger partial charge in [0.2, 0.25) is 0 Å². The minimum Gasteiger partial charge on any atom is -0.496 e. The van der Waals surface area contributed by atoms with Gasteiger partial charge in [-0.3, -0.25) is 0 Å². The fraction of sp³-hybridized carbons (Fsp3) is 0.294. The third-order valence-electron chi connectivity index (χ3n) is 3.61. The fourth-order valence-electron chi connectivity index (χ4n) is 2.28. The van der Waals surface area contributed by atoms with E-state index >= 15 is 0 Å². The summed E-state index contributed by atoms with van der Waals surface area (Å²) in [6, 6.07) is 11.8. The first-order valence-corrected chi connectivity index (χ1v) is 6.65. The van der Waals surface area contributed by atoms with Crippen LogP contribution in [0.25, 0.3) is 0 Å². The van der Waals surface area contributed by atoms with E-state index in [0.717, 1.165) is 6.42 Å². The summed E-state index contributed by atoms with van der Waals surface area (Å²) in [5.74, 6) is 0.0715. The van der Waals surface area contributed by atoms with Crippen molar-refractivity contribution >= 4 is 0 Å². The van der Waals surface area contributed by atoms with Crippen molar-refractivity contribution in [1.29, 1.82) is 0 Å². The number of ether oxygens (including phenoxy) is 1. The quantitative estimate of drug-likeness (QED) is 0.922. The molecule has 0 bridgehead atoms. The lowest BCUT2D eigenvalue weighted by atomic mass is 9.87. The average Bonchev–Trinajstić information content (AvgIpc) is 2.47. The summed E-state index contributed by atoms with van der Waals surface area (Å²) in [6.07, 6.45) is 0.936. The molecule has 20 heavy (non-hydrogen) atoms. The van der Waals surface area contributed by atoms with E-state index in [1.54, 1.807) is 6.92 Å². The van der Waals surface area contributed by atoms with Gasteiger partial charge in [-0.05, 0) is 42.7 Å². The Bertz CT molecular complexity index is 588. The lowest BCUT2D eigenvalue weighted by molar-refractivity contribution is 0.0985. The van der Waals surface area contributed by atoms with Crippen LogP contribution in [0.5, 0.6) is 5.75 Å². The van der Waals surface area contributed by atoms with Gasteiger partial charge in [0, 0.05) is 5.56 Å². The van der Waals surface area contributed by atoms with Crippen LogP contribution in [0.3, 0.4) is 0 Å². The lowest BCUT2D eigenvalue weighted by Gasteiger charge is -2.26. The van der Waals surface area contributed by atoms with Crippen LogP contribution in [0.2, 0.25) is 0 Å². The van der Waals surface area contributed by atoms with E-state index < -0.39 is 11.4 Å². The van der Waals surface area contributed by atoms with Crippen molar-refractivity contribution in [3.8, 4) is 5.75 Å². The largest absolute Gasteiger partial charge is 0.496 e. The van der Waals surface area contributed by atoms with Crippen LogP contribution in [0.15, 0.2) is 42.5 Å². The minimum absolute atomic E-state index is 0.397. The van der Waals surface area contributed by atoms with Crippen molar-refractivity contribution in [2.45, 2.75) is 25.9 Å². The molecule has 106 valence electrons. The summed E-state index contributed by atoms with van der Waals surface area (Å²) in [5.41, 5.74) is 1.01. The maximum absolute atomic E-state index is 13.5. The molecule has 0 saturated heterocycles. The number of benzene rings is 2. The molecule has 0 aliphatic heterocycles. The van der Waals surface area contributed by atoms with E-state index in [0.29, 0.717) is 16.9 Å². The van der Waals surface area contributed by atoms with E-state index in [-0.39, 0.29) is 0 Å². The molecular weight excluding hydrogens is 255 g/mol. The molecule has 2 nitrogen and oxygen atoms in total. The SMILES string of the molecule is CCc1ccc(C(C)(O)c2cc(F)ccc2OC)cc1. The second kappa shape index (κ2) is 5.63. The van der Waals surface area contributed by atoms with Gasteiger partial charge in [-0.25, -0.2) is 4.39 Å². The van der Waals surface area contributed by atoms with Crippen LogP contribution < -0.4 is 4.74 Å². The van der Waals surface area contributed by atoms with Crippen LogP contribution in [-0.2, 0) is 12.0 Å². The zero-order valence-corrected chi connectivity index (χ0v) is 12.0. The van der Waals surface area contributed by atoms with Gasteiger partial charge in [0.05, 0.1) is 7.11 Å². The molecule has 0 saturated carbocycles. The summed E-state index contributed by atoms with van der Waals surface area (Å²) < 4.78 is 18.7. The minimum atomic E-state index is -1.31. The van der Waals surface area contributed by atoms with E-state index in [4.69, 9.17) is 4.74 Å². The number of hydrogen-bond donors (Lipinski definition) is 1. The highest BCUT2D eigenvalue weighted by Gasteiger charge is 2.29. The molecule has 1 unspecified atom stereocenters. The third-order valence-corrected chi connectivity index (χ3v) is 3.61. The van der Waals surface area contributed by atoms with Crippen molar-refractivity contribution < 1.29 is 14.2 Å². The van der Waals surface area contributed by atoms with Crippen LogP contribution >= 0.6 is 0 Å². The maximum atomic E-state index is 13.5. The van der Waals surface area contributed by atoms with Gasteiger partial charge in [-0.15, -0.1) is 0 Å². The highest BCUT2D eigenvalue weighted by Crippen LogP contribution is 2.35. The Morgan fingerprint density at radius 1 is 1.15 bits per heavy atom. The average molecular weight is 274 g/mol.